The first-order chi connectivity index (χ1) is 12.1. The van der Waals surface area contributed by atoms with Gasteiger partial charge >= 0.3 is 5.97 Å². The van der Waals surface area contributed by atoms with Crippen LogP contribution in [0, 0.1) is 12.8 Å². The molecule has 132 valence electrons. The molecular formula is C19H23N3O3. The number of rotatable bonds is 6. The highest BCUT2D eigenvalue weighted by Crippen LogP contribution is 2.38. The number of aryl methyl sites for hydroxylation is 2. The Morgan fingerprint density at radius 1 is 1.32 bits per heavy atom. The van der Waals surface area contributed by atoms with E-state index in [-0.39, 0.29) is 5.91 Å². The lowest BCUT2D eigenvalue weighted by Gasteiger charge is -2.40. The van der Waals surface area contributed by atoms with Crippen LogP contribution in [0.2, 0.25) is 0 Å². The van der Waals surface area contributed by atoms with Crippen LogP contribution in [0.15, 0.2) is 43.0 Å². The van der Waals surface area contributed by atoms with Gasteiger partial charge in [0.15, 0.2) is 0 Å². The van der Waals surface area contributed by atoms with Crippen molar-refractivity contribution >= 4 is 11.9 Å². The van der Waals surface area contributed by atoms with E-state index in [1.807, 2.05) is 42.0 Å². The predicted octanol–water partition coefficient (Wildman–Crippen LogP) is 2.65. The van der Waals surface area contributed by atoms with E-state index in [1.165, 1.54) is 0 Å². The van der Waals surface area contributed by atoms with Crippen molar-refractivity contribution in [2.45, 2.75) is 38.8 Å². The zero-order valence-electron chi connectivity index (χ0n) is 14.3. The Morgan fingerprint density at radius 3 is 2.80 bits per heavy atom. The van der Waals surface area contributed by atoms with E-state index in [1.54, 1.807) is 17.4 Å². The molecule has 2 aromatic rings. The summed E-state index contributed by atoms with van der Waals surface area (Å²) in [5.74, 6) is -1.36. The molecule has 0 bridgehead atoms. The molecule has 1 saturated heterocycles. The monoisotopic (exact) mass is 341 g/mol. The Kier molecular flexibility index (Phi) is 5.16. The molecular weight excluding hydrogens is 318 g/mol. The van der Waals surface area contributed by atoms with Gasteiger partial charge in [-0.3, -0.25) is 9.59 Å². The minimum atomic E-state index is -0.833. The summed E-state index contributed by atoms with van der Waals surface area (Å²) in [4.78, 5) is 30.2. The van der Waals surface area contributed by atoms with Crippen LogP contribution in [0.3, 0.4) is 0 Å². The standard InChI is InChI=1S/C19H23N3O3/c1-14-5-2-3-6-15(14)18-16(19(24)25)7-8-17(23)22(18)11-4-10-21-12-9-20-13-21/h2-3,5-6,9,12-13,16,18H,4,7-8,10-11H2,1H3,(H,24,25)/t16-,18-/m1/s1. The highest BCUT2D eigenvalue weighted by atomic mass is 16.4. The Bertz CT molecular complexity index is 742. The van der Waals surface area contributed by atoms with Gasteiger partial charge in [-0.25, -0.2) is 4.98 Å². The second-order valence-electron chi connectivity index (χ2n) is 6.53. The molecule has 1 fully saturated rings. The molecule has 25 heavy (non-hydrogen) atoms. The van der Waals surface area contributed by atoms with Gasteiger partial charge in [-0.15, -0.1) is 0 Å². The van der Waals surface area contributed by atoms with Gasteiger partial charge in [-0.05, 0) is 30.9 Å². The maximum absolute atomic E-state index is 12.6. The fraction of sp³-hybridized carbons (Fsp3) is 0.421. The van der Waals surface area contributed by atoms with E-state index in [0.29, 0.717) is 19.4 Å². The van der Waals surface area contributed by atoms with E-state index < -0.39 is 17.9 Å². The molecule has 0 saturated carbocycles. The normalized spacial score (nSPS) is 20.7. The molecule has 0 aliphatic carbocycles. The van der Waals surface area contributed by atoms with Gasteiger partial charge in [-0.2, -0.15) is 0 Å². The number of hydrogen-bond donors (Lipinski definition) is 1. The molecule has 1 aliphatic heterocycles. The summed E-state index contributed by atoms with van der Waals surface area (Å²) in [6.07, 6.45) is 6.81. The molecule has 2 atom stereocenters. The maximum Gasteiger partial charge on any atom is 0.308 e. The van der Waals surface area contributed by atoms with Crippen LogP contribution >= 0.6 is 0 Å². The van der Waals surface area contributed by atoms with Gasteiger partial charge in [0, 0.05) is 31.9 Å². The summed E-state index contributed by atoms with van der Waals surface area (Å²) in [6.45, 7) is 3.26. The van der Waals surface area contributed by atoms with Crippen molar-refractivity contribution in [3.63, 3.8) is 0 Å². The van der Waals surface area contributed by atoms with Crippen LogP contribution in [0.1, 0.15) is 36.4 Å². The molecule has 1 amide bonds. The van der Waals surface area contributed by atoms with E-state index >= 15 is 0 Å². The second kappa shape index (κ2) is 7.51. The van der Waals surface area contributed by atoms with Crippen LogP contribution < -0.4 is 0 Å². The molecule has 3 rings (SSSR count). The van der Waals surface area contributed by atoms with Crippen LogP contribution in [0.4, 0.5) is 0 Å². The number of carboxylic acids is 1. The summed E-state index contributed by atoms with van der Waals surface area (Å²) < 4.78 is 1.96. The van der Waals surface area contributed by atoms with Crippen molar-refractivity contribution in [2.24, 2.45) is 5.92 Å². The van der Waals surface area contributed by atoms with Gasteiger partial charge in [0.2, 0.25) is 5.91 Å². The Labute approximate surface area is 147 Å². The second-order valence-corrected chi connectivity index (χ2v) is 6.53. The van der Waals surface area contributed by atoms with E-state index in [4.69, 9.17) is 0 Å². The van der Waals surface area contributed by atoms with Gasteiger partial charge in [0.25, 0.3) is 0 Å². The van der Waals surface area contributed by atoms with Crippen LogP contribution in [-0.2, 0) is 16.1 Å². The van der Waals surface area contributed by atoms with Crippen LogP contribution in [0.25, 0.3) is 0 Å². The fourth-order valence-electron chi connectivity index (χ4n) is 3.62. The van der Waals surface area contributed by atoms with Gasteiger partial charge < -0.3 is 14.6 Å². The number of hydrogen-bond acceptors (Lipinski definition) is 3. The van der Waals surface area contributed by atoms with Gasteiger partial charge in [0.1, 0.15) is 0 Å². The van der Waals surface area contributed by atoms with Crippen molar-refractivity contribution < 1.29 is 14.7 Å². The lowest BCUT2D eigenvalue weighted by Crippen LogP contribution is -2.46. The van der Waals surface area contributed by atoms with E-state index in [0.717, 1.165) is 24.1 Å². The quantitative estimate of drug-likeness (QED) is 0.876. The number of imidazole rings is 1. The number of aromatic nitrogens is 2. The lowest BCUT2D eigenvalue weighted by molar-refractivity contribution is -0.152. The minimum Gasteiger partial charge on any atom is -0.481 e. The minimum absolute atomic E-state index is 0.0383. The predicted molar refractivity (Wildman–Crippen MR) is 92.8 cm³/mol. The van der Waals surface area contributed by atoms with E-state index in [9.17, 15) is 14.7 Å². The summed E-state index contributed by atoms with van der Waals surface area (Å²) in [5, 5.41) is 9.69. The first-order valence-electron chi connectivity index (χ1n) is 8.61. The number of nitrogens with zero attached hydrogens (tertiary/aromatic N) is 3. The molecule has 0 spiro atoms. The zero-order chi connectivity index (χ0) is 17.8. The molecule has 1 aliphatic rings. The first kappa shape index (κ1) is 17.2. The van der Waals surface area contributed by atoms with Crippen molar-refractivity contribution in [1.29, 1.82) is 0 Å². The molecule has 6 heteroatoms. The summed E-state index contributed by atoms with van der Waals surface area (Å²) in [7, 11) is 0. The summed E-state index contributed by atoms with van der Waals surface area (Å²) >= 11 is 0. The third-order valence-corrected chi connectivity index (χ3v) is 4.91. The number of aliphatic carboxylic acids is 1. The van der Waals surface area contributed by atoms with Crippen molar-refractivity contribution in [3.8, 4) is 0 Å². The number of amides is 1. The summed E-state index contributed by atoms with van der Waals surface area (Å²) in [6, 6.07) is 7.35. The Balaban J connectivity index is 1.84. The molecule has 1 aromatic carbocycles. The number of piperidine rings is 1. The molecule has 1 aromatic heterocycles. The molecule has 0 radical (unpaired) electrons. The first-order valence-corrected chi connectivity index (χ1v) is 8.61. The number of carbonyl (C=O) groups is 2. The highest BCUT2D eigenvalue weighted by Gasteiger charge is 2.40. The highest BCUT2D eigenvalue weighted by molar-refractivity contribution is 5.82. The van der Waals surface area contributed by atoms with Crippen molar-refractivity contribution in [1.82, 2.24) is 14.5 Å². The smallest absolute Gasteiger partial charge is 0.308 e. The Hall–Kier alpha value is -2.63. The maximum atomic E-state index is 12.6. The average Bonchev–Trinajstić information content (AvgIpc) is 3.10. The number of carbonyl (C=O) groups excluding carboxylic acids is 1. The zero-order valence-corrected chi connectivity index (χ0v) is 14.3. The SMILES string of the molecule is Cc1ccccc1[C@@H]1[C@H](C(=O)O)CCC(=O)N1CCCn1ccnc1. The average molecular weight is 341 g/mol. The third kappa shape index (κ3) is 3.73. The van der Waals surface area contributed by atoms with Crippen molar-refractivity contribution in [2.75, 3.05) is 6.54 Å². The Morgan fingerprint density at radius 2 is 2.12 bits per heavy atom. The number of carboxylic acid groups (broad SMARTS) is 1. The molecule has 2 heterocycles. The molecule has 1 N–H and O–H groups in total. The van der Waals surface area contributed by atoms with Crippen LogP contribution in [0.5, 0.6) is 0 Å². The molecule has 6 nitrogen and oxygen atoms in total. The summed E-state index contributed by atoms with van der Waals surface area (Å²) in [5.41, 5.74) is 1.96. The van der Waals surface area contributed by atoms with Gasteiger partial charge in [-0.1, -0.05) is 24.3 Å². The number of likely N-dealkylation sites (tertiary alicyclic amines) is 1. The fourth-order valence-corrected chi connectivity index (χ4v) is 3.62. The third-order valence-electron chi connectivity index (χ3n) is 4.91. The van der Waals surface area contributed by atoms with Crippen molar-refractivity contribution in [3.05, 3.63) is 54.1 Å². The number of benzene rings is 1. The van der Waals surface area contributed by atoms with E-state index in [2.05, 4.69) is 4.98 Å². The van der Waals surface area contributed by atoms with Gasteiger partial charge in [0.05, 0.1) is 18.3 Å². The lowest BCUT2D eigenvalue weighted by atomic mass is 9.82. The molecule has 0 unspecified atom stereocenters. The van der Waals surface area contributed by atoms with Crippen LogP contribution in [-0.4, -0.2) is 38.0 Å². The largest absolute Gasteiger partial charge is 0.481 e. The topological polar surface area (TPSA) is 75.4 Å².